The predicted molar refractivity (Wildman–Crippen MR) is 66.9 cm³/mol. The number of piperidine rings is 1. The molecule has 0 aliphatic carbocycles. The molecule has 2 nitrogen and oxygen atoms in total. The van der Waals surface area contributed by atoms with Crippen molar-refractivity contribution in [2.75, 3.05) is 19.6 Å². The van der Waals surface area contributed by atoms with Crippen LogP contribution in [0.2, 0.25) is 0 Å². The Balaban J connectivity index is 2.36. The van der Waals surface area contributed by atoms with Gasteiger partial charge in [-0.1, -0.05) is 34.6 Å². The van der Waals surface area contributed by atoms with Crippen molar-refractivity contribution in [1.82, 2.24) is 4.90 Å². The van der Waals surface area contributed by atoms with Crippen molar-refractivity contribution in [2.24, 2.45) is 16.6 Å². The zero-order chi connectivity index (χ0) is 11.7. The molecule has 0 amide bonds. The second-order valence-electron chi connectivity index (χ2n) is 6.94. The van der Waals surface area contributed by atoms with Gasteiger partial charge in [-0.15, -0.1) is 0 Å². The number of rotatable bonds is 2. The molecule has 1 unspecified atom stereocenters. The van der Waals surface area contributed by atoms with Crippen molar-refractivity contribution in [1.29, 1.82) is 0 Å². The highest BCUT2D eigenvalue weighted by Crippen LogP contribution is 2.30. The quantitative estimate of drug-likeness (QED) is 0.762. The molecule has 2 heteroatoms. The summed E-state index contributed by atoms with van der Waals surface area (Å²) in [6.07, 6.45) is 2.62. The minimum Gasteiger partial charge on any atom is -0.326 e. The summed E-state index contributed by atoms with van der Waals surface area (Å²) < 4.78 is 0. The summed E-state index contributed by atoms with van der Waals surface area (Å²) in [5.74, 6) is 0. The highest BCUT2D eigenvalue weighted by molar-refractivity contribution is 4.84. The molecule has 1 rings (SSSR count). The molecule has 0 radical (unpaired) electrons. The largest absolute Gasteiger partial charge is 0.326 e. The van der Waals surface area contributed by atoms with E-state index in [0.717, 1.165) is 6.54 Å². The number of nitrogens with two attached hydrogens (primary N) is 1. The van der Waals surface area contributed by atoms with Gasteiger partial charge in [-0.05, 0) is 36.8 Å². The molecule has 1 saturated heterocycles. The maximum Gasteiger partial charge on any atom is 0.0217 e. The van der Waals surface area contributed by atoms with Gasteiger partial charge in [-0.2, -0.15) is 0 Å². The Labute approximate surface area is 95.2 Å². The summed E-state index contributed by atoms with van der Waals surface area (Å²) in [5, 5.41) is 0. The van der Waals surface area contributed by atoms with Crippen molar-refractivity contribution in [3.05, 3.63) is 0 Å². The molecule has 1 heterocycles. The number of hydrogen-bond acceptors (Lipinski definition) is 2. The van der Waals surface area contributed by atoms with Crippen molar-refractivity contribution in [3.8, 4) is 0 Å². The topological polar surface area (TPSA) is 29.3 Å². The third-order valence-corrected chi connectivity index (χ3v) is 3.78. The van der Waals surface area contributed by atoms with Gasteiger partial charge in [0.25, 0.3) is 0 Å². The Morgan fingerprint density at radius 3 is 2.07 bits per heavy atom. The Bertz CT molecular complexity index is 193. The summed E-state index contributed by atoms with van der Waals surface area (Å²) in [6, 6.07) is 0.290. The van der Waals surface area contributed by atoms with E-state index in [0.29, 0.717) is 11.5 Å². The van der Waals surface area contributed by atoms with Gasteiger partial charge in [0.05, 0.1) is 0 Å². The van der Waals surface area contributed by atoms with Crippen LogP contribution in [0.3, 0.4) is 0 Å². The first-order valence-corrected chi connectivity index (χ1v) is 6.19. The molecule has 1 aliphatic rings. The highest BCUT2D eigenvalue weighted by atomic mass is 15.1. The SMILES string of the molecule is CC1(C)CCN(CC(N)C(C)(C)C)CC1. The van der Waals surface area contributed by atoms with Gasteiger partial charge in [0, 0.05) is 12.6 Å². The lowest BCUT2D eigenvalue weighted by Crippen LogP contribution is -2.48. The molecule has 1 fully saturated rings. The van der Waals surface area contributed by atoms with E-state index in [1.165, 1.54) is 25.9 Å². The molecular weight excluding hydrogens is 184 g/mol. The van der Waals surface area contributed by atoms with Crippen LogP contribution in [0, 0.1) is 10.8 Å². The van der Waals surface area contributed by atoms with Crippen LogP contribution in [0.4, 0.5) is 0 Å². The first-order chi connectivity index (χ1) is 6.71. The maximum absolute atomic E-state index is 6.21. The fourth-order valence-corrected chi connectivity index (χ4v) is 1.89. The fourth-order valence-electron chi connectivity index (χ4n) is 1.89. The van der Waals surface area contributed by atoms with E-state index in [9.17, 15) is 0 Å². The molecule has 15 heavy (non-hydrogen) atoms. The van der Waals surface area contributed by atoms with Crippen LogP contribution in [-0.2, 0) is 0 Å². The lowest BCUT2D eigenvalue weighted by Gasteiger charge is -2.40. The average molecular weight is 212 g/mol. The van der Waals surface area contributed by atoms with Crippen LogP contribution >= 0.6 is 0 Å². The normalized spacial score (nSPS) is 25.2. The van der Waals surface area contributed by atoms with E-state index in [2.05, 4.69) is 39.5 Å². The molecule has 0 aromatic rings. The lowest BCUT2D eigenvalue weighted by molar-refractivity contribution is 0.111. The molecule has 0 saturated carbocycles. The van der Waals surface area contributed by atoms with Crippen molar-refractivity contribution < 1.29 is 0 Å². The van der Waals surface area contributed by atoms with E-state index < -0.39 is 0 Å². The summed E-state index contributed by atoms with van der Waals surface area (Å²) in [5.41, 5.74) is 6.98. The third-order valence-electron chi connectivity index (χ3n) is 3.78. The van der Waals surface area contributed by atoms with Gasteiger partial charge in [0.1, 0.15) is 0 Å². The maximum atomic E-state index is 6.21. The van der Waals surface area contributed by atoms with Gasteiger partial charge in [-0.3, -0.25) is 0 Å². The molecule has 0 aromatic carbocycles. The zero-order valence-electron chi connectivity index (χ0n) is 11.1. The first kappa shape index (κ1) is 13.0. The third kappa shape index (κ3) is 4.12. The number of nitrogens with zero attached hydrogens (tertiary/aromatic N) is 1. The lowest BCUT2D eigenvalue weighted by atomic mass is 9.81. The predicted octanol–water partition coefficient (Wildman–Crippen LogP) is 2.48. The van der Waals surface area contributed by atoms with Gasteiger partial charge in [0.15, 0.2) is 0 Å². The summed E-state index contributed by atoms with van der Waals surface area (Å²) in [7, 11) is 0. The van der Waals surface area contributed by atoms with Crippen LogP contribution in [0.15, 0.2) is 0 Å². The summed E-state index contributed by atoms with van der Waals surface area (Å²) in [6.45, 7) is 14.9. The molecule has 1 atom stereocenters. The van der Waals surface area contributed by atoms with Crippen molar-refractivity contribution >= 4 is 0 Å². The molecule has 0 bridgehead atoms. The van der Waals surface area contributed by atoms with Gasteiger partial charge < -0.3 is 10.6 Å². The van der Waals surface area contributed by atoms with E-state index in [-0.39, 0.29) is 5.41 Å². The van der Waals surface area contributed by atoms with Crippen LogP contribution < -0.4 is 5.73 Å². The zero-order valence-corrected chi connectivity index (χ0v) is 11.1. The van der Waals surface area contributed by atoms with E-state index in [1.807, 2.05) is 0 Å². The van der Waals surface area contributed by atoms with Crippen LogP contribution in [0.1, 0.15) is 47.5 Å². The van der Waals surface area contributed by atoms with Gasteiger partial charge >= 0.3 is 0 Å². The van der Waals surface area contributed by atoms with Crippen molar-refractivity contribution in [2.45, 2.75) is 53.5 Å². The van der Waals surface area contributed by atoms with E-state index >= 15 is 0 Å². The van der Waals surface area contributed by atoms with E-state index in [4.69, 9.17) is 5.73 Å². The van der Waals surface area contributed by atoms with Crippen LogP contribution in [0.25, 0.3) is 0 Å². The molecule has 0 spiro atoms. The molecule has 90 valence electrons. The van der Waals surface area contributed by atoms with E-state index in [1.54, 1.807) is 0 Å². The minimum absolute atomic E-state index is 0.229. The average Bonchev–Trinajstić information content (AvgIpc) is 2.07. The highest BCUT2D eigenvalue weighted by Gasteiger charge is 2.28. The first-order valence-electron chi connectivity index (χ1n) is 6.19. The number of hydrogen-bond donors (Lipinski definition) is 1. The molecular formula is C13H28N2. The second kappa shape index (κ2) is 4.42. The monoisotopic (exact) mass is 212 g/mol. The van der Waals surface area contributed by atoms with Crippen LogP contribution in [0.5, 0.6) is 0 Å². The Morgan fingerprint density at radius 2 is 1.67 bits per heavy atom. The van der Waals surface area contributed by atoms with Crippen LogP contribution in [-0.4, -0.2) is 30.6 Å². The molecule has 2 N–H and O–H groups in total. The second-order valence-corrected chi connectivity index (χ2v) is 6.94. The smallest absolute Gasteiger partial charge is 0.0217 e. The Hall–Kier alpha value is -0.0800. The summed E-state index contributed by atoms with van der Waals surface area (Å²) in [4.78, 5) is 2.53. The van der Waals surface area contributed by atoms with Gasteiger partial charge in [-0.25, -0.2) is 0 Å². The van der Waals surface area contributed by atoms with Crippen molar-refractivity contribution in [3.63, 3.8) is 0 Å². The molecule has 0 aromatic heterocycles. The summed E-state index contributed by atoms with van der Waals surface area (Å²) >= 11 is 0. The minimum atomic E-state index is 0.229. The van der Waals surface area contributed by atoms with Gasteiger partial charge in [0.2, 0.25) is 0 Å². The molecule has 1 aliphatic heterocycles. The Kier molecular flexibility index (Phi) is 3.83. The fraction of sp³-hybridized carbons (Fsp3) is 1.00. The Morgan fingerprint density at radius 1 is 1.20 bits per heavy atom. The standard InChI is InChI=1S/C13H28N2/c1-12(2,3)11(14)10-15-8-6-13(4,5)7-9-15/h11H,6-10,14H2,1-5H3. The number of likely N-dealkylation sites (tertiary alicyclic amines) is 1.